The van der Waals surface area contributed by atoms with Crippen LogP contribution in [-0.4, -0.2) is 54.0 Å². The van der Waals surface area contributed by atoms with Crippen molar-refractivity contribution in [3.05, 3.63) is 0 Å². The molecule has 0 bridgehead atoms. The van der Waals surface area contributed by atoms with Gasteiger partial charge in [-0.1, -0.05) is 122 Å². The van der Waals surface area contributed by atoms with Crippen LogP contribution in [0.5, 0.6) is 0 Å². The average Bonchev–Trinajstić information content (AvgIpc) is 2.77. The summed E-state index contributed by atoms with van der Waals surface area (Å²) in [6.07, 6.45) is 28.3. The van der Waals surface area contributed by atoms with Crippen molar-refractivity contribution in [1.29, 1.82) is 0 Å². The Balaban J connectivity index is 3.46. The predicted octanol–water partition coefficient (Wildman–Crippen LogP) is 8.50. The lowest BCUT2D eigenvalue weighted by molar-refractivity contribution is -0.893. The first-order chi connectivity index (χ1) is 16.4. The average molecular weight is 485 g/mol. The van der Waals surface area contributed by atoms with Crippen LogP contribution < -0.4 is 0 Å². The molecule has 0 aliphatic rings. The van der Waals surface area contributed by atoms with E-state index in [4.69, 9.17) is 5.11 Å². The zero-order valence-electron chi connectivity index (χ0n) is 23.5. The van der Waals surface area contributed by atoms with Gasteiger partial charge in [-0.05, 0) is 25.7 Å². The molecule has 0 aromatic rings. The molecule has 0 fully saturated rings. The third kappa shape index (κ3) is 26.0. The van der Waals surface area contributed by atoms with Crippen molar-refractivity contribution < 1.29 is 19.5 Å². The number of quaternary nitrogens is 1. The van der Waals surface area contributed by atoms with Gasteiger partial charge in [-0.15, -0.1) is 0 Å². The number of rotatable bonds is 27. The highest BCUT2D eigenvalue weighted by Gasteiger charge is 2.19. The first-order valence-electron chi connectivity index (χ1n) is 15.1. The zero-order chi connectivity index (χ0) is 25.3. The molecule has 204 valence electrons. The van der Waals surface area contributed by atoms with Gasteiger partial charge in [0.2, 0.25) is 0 Å². The summed E-state index contributed by atoms with van der Waals surface area (Å²) in [5.74, 6) is -0.668. The maximum atomic E-state index is 10.5. The minimum absolute atomic E-state index is 0.153. The Hall–Kier alpha value is -0.610. The van der Waals surface area contributed by atoms with Gasteiger partial charge >= 0.3 is 5.97 Å². The van der Waals surface area contributed by atoms with Crippen molar-refractivity contribution in [3.63, 3.8) is 0 Å². The third-order valence-corrected chi connectivity index (χ3v) is 7.25. The van der Waals surface area contributed by atoms with E-state index >= 15 is 0 Å². The quantitative estimate of drug-likeness (QED) is 0.0907. The largest absolute Gasteiger partial charge is 0.481 e. The fraction of sp³-hybridized carbons (Fsp3) is 0.967. The van der Waals surface area contributed by atoms with Gasteiger partial charge in [0.15, 0.2) is 0 Å². The Morgan fingerprint density at radius 2 is 1.00 bits per heavy atom. The fourth-order valence-electron chi connectivity index (χ4n) is 5.03. The van der Waals surface area contributed by atoms with Crippen LogP contribution in [0.15, 0.2) is 0 Å². The second kappa shape index (κ2) is 24.1. The van der Waals surface area contributed by atoms with Crippen molar-refractivity contribution in [2.24, 2.45) is 0 Å². The number of likely N-dealkylation sites (N-methyl/N-ethyl adjacent to an activating group) is 1. The monoisotopic (exact) mass is 484 g/mol. The second-order valence-electron chi connectivity index (χ2n) is 11.5. The first-order valence-corrected chi connectivity index (χ1v) is 15.1. The van der Waals surface area contributed by atoms with Crippen LogP contribution in [0, 0.1) is 0 Å². The zero-order valence-corrected chi connectivity index (χ0v) is 23.5. The van der Waals surface area contributed by atoms with E-state index in [1.807, 2.05) is 0 Å². The van der Waals surface area contributed by atoms with Crippen molar-refractivity contribution in [3.8, 4) is 0 Å². The fourth-order valence-corrected chi connectivity index (χ4v) is 5.03. The Kier molecular flexibility index (Phi) is 23.7. The molecular weight excluding hydrogens is 422 g/mol. The number of nitrogens with zero attached hydrogens (tertiary/aromatic N) is 1. The molecule has 0 rings (SSSR count). The Morgan fingerprint density at radius 1 is 0.618 bits per heavy atom. The maximum absolute atomic E-state index is 10.5. The predicted molar refractivity (Wildman–Crippen MR) is 147 cm³/mol. The van der Waals surface area contributed by atoms with Gasteiger partial charge in [-0.3, -0.25) is 4.79 Å². The molecule has 4 heteroatoms. The molecule has 0 radical (unpaired) electrons. The molecule has 0 spiro atoms. The highest BCUT2D eigenvalue weighted by molar-refractivity contribution is 5.66. The topological polar surface area (TPSA) is 57.5 Å². The number of carboxylic acids is 1. The summed E-state index contributed by atoms with van der Waals surface area (Å²) >= 11 is 0. The normalized spacial score (nSPS) is 12.8. The number of aliphatic hydroxyl groups excluding tert-OH is 1. The number of carbonyl (C=O) groups is 1. The molecule has 0 aliphatic heterocycles. The lowest BCUT2D eigenvalue weighted by atomic mass is 10.0. The number of hydrogen-bond acceptors (Lipinski definition) is 2. The molecule has 0 saturated carbocycles. The molecule has 34 heavy (non-hydrogen) atoms. The van der Waals surface area contributed by atoms with E-state index in [1.54, 1.807) is 0 Å². The Labute approximate surface area is 213 Å². The molecule has 1 atom stereocenters. The van der Waals surface area contributed by atoms with E-state index in [2.05, 4.69) is 21.0 Å². The van der Waals surface area contributed by atoms with Crippen molar-refractivity contribution in [2.45, 2.75) is 161 Å². The standard InChI is InChI=1S/C30H61NO3/c1-4-5-6-7-8-9-10-11-13-16-19-22-25-29(32)28-31(2,3)27-24-21-18-15-12-14-17-20-23-26-30(33)34/h29,32H,4-28H2,1-3H3/p+1. The van der Waals surface area contributed by atoms with E-state index in [0.717, 1.165) is 36.8 Å². The first kappa shape index (κ1) is 33.4. The SMILES string of the molecule is CCCCCCCCCCCCCCC(O)C[N+](C)(C)CCCCCCCCCCCC(=O)O. The van der Waals surface area contributed by atoms with Crippen LogP contribution in [-0.2, 0) is 4.79 Å². The Morgan fingerprint density at radius 3 is 1.44 bits per heavy atom. The minimum Gasteiger partial charge on any atom is -0.481 e. The van der Waals surface area contributed by atoms with Gasteiger partial charge in [0.05, 0.1) is 20.6 Å². The maximum Gasteiger partial charge on any atom is 0.303 e. The summed E-state index contributed by atoms with van der Waals surface area (Å²) in [5.41, 5.74) is 0. The van der Waals surface area contributed by atoms with Crippen molar-refractivity contribution in [2.75, 3.05) is 27.2 Å². The summed E-state index contributed by atoms with van der Waals surface area (Å²) in [7, 11) is 4.53. The minimum atomic E-state index is -0.668. The van der Waals surface area contributed by atoms with Gasteiger partial charge in [0.25, 0.3) is 0 Å². The summed E-state index contributed by atoms with van der Waals surface area (Å²) in [5, 5.41) is 19.1. The van der Waals surface area contributed by atoms with E-state index in [0.29, 0.717) is 6.42 Å². The molecule has 0 aromatic heterocycles. The summed E-state index contributed by atoms with van der Waals surface area (Å²) in [6.45, 7) is 4.32. The van der Waals surface area contributed by atoms with Gasteiger partial charge in [-0.25, -0.2) is 0 Å². The summed E-state index contributed by atoms with van der Waals surface area (Å²) in [4.78, 5) is 10.5. The number of aliphatic hydroxyl groups is 1. The lowest BCUT2D eigenvalue weighted by Crippen LogP contribution is -2.45. The number of unbranched alkanes of at least 4 members (excludes halogenated alkanes) is 19. The number of carboxylic acid groups (broad SMARTS) is 1. The molecule has 0 amide bonds. The van der Waals surface area contributed by atoms with Gasteiger partial charge in [-0.2, -0.15) is 0 Å². The van der Waals surface area contributed by atoms with Crippen molar-refractivity contribution in [1.82, 2.24) is 0 Å². The molecular formula is C30H62NO3+. The smallest absolute Gasteiger partial charge is 0.303 e. The van der Waals surface area contributed by atoms with E-state index in [9.17, 15) is 9.90 Å². The van der Waals surface area contributed by atoms with Crippen LogP contribution in [0.1, 0.15) is 155 Å². The van der Waals surface area contributed by atoms with E-state index < -0.39 is 5.97 Å². The molecule has 1 unspecified atom stereocenters. The molecule has 0 aliphatic carbocycles. The second-order valence-corrected chi connectivity index (χ2v) is 11.5. The van der Waals surface area contributed by atoms with E-state index in [1.165, 1.54) is 122 Å². The van der Waals surface area contributed by atoms with Crippen LogP contribution >= 0.6 is 0 Å². The molecule has 0 heterocycles. The molecule has 2 N–H and O–H groups in total. The molecule has 0 aromatic carbocycles. The summed E-state index contributed by atoms with van der Waals surface area (Å²) in [6, 6.07) is 0. The van der Waals surface area contributed by atoms with Crippen molar-refractivity contribution >= 4 is 5.97 Å². The van der Waals surface area contributed by atoms with Crippen LogP contribution in [0.25, 0.3) is 0 Å². The molecule has 0 saturated heterocycles. The van der Waals surface area contributed by atoms with Gasteiger partial charge < -0.3 is 14.7 Å². The number of aliphatic carboxylic acids is 1. The third-order valence-electron chi connectivity index (χ3n) is 7.25. The van der Waals surface area contributed by atoms with Crippen LogP contribution in [0.4, 0.5) is 0 Å². The molecule has 4 nitrogen and oxygen atoms in total. The summed E-state index contributed by atoms with van der Waals surface area (Å²) < 4.78 is 0.934. The van der Waals surface area contributed by atoms with Gasteiger partial charge in [0.1, 0.15) is 12.6 Å². The highest BCUT2D eigenvalue weighted by Crippen LogP contribution is 2.15. The number of hydrogen-bond donors (Lipinski definition) is 2. The van der Waals surface area contributed by atoms with Gasteiger partial charge in [0, 0.05) is 6.42 Å². The Bertz CT molecular complexity index is 439. The van der Waals surface area contributed by atoms with Crippen LogP contribution in [0.2, 0.25) is 0 Å². The van der Waals surface area contributed by atoms with E-state index in [-0.39, 0.29) is 6.10 Å². The lowest BCUT2D eigenvalue weighted by Gasteiger charge is -2.32. The van der Waals surface area contributed by atoms with Crippen LogP contribution in [0.3, 0.4) is 0 Å². The highest BCUT2D eigenvalue weighted by atomic mass is 16.4.